The zero-order valence-electron chi connectivity index (χ0n) is 13.4. The van der Waals surface area contributed by atoms with Crippen molar-refractivity contribution < 1.29 is 13.2 Å². The van der Waals surface area contributed by atoms with Crippen molar-refractivity contribution in [1.82, 2.24) is 9.62 Å². The van der Waals surface area contributed by atoms with E-state index in [9.17, 15) is 13.2 Å². The minimum Gasteiger partial charge on any atom is -0.350 e. The van der Waals surface area contributed by atoms with Gasteiger partial charge in [-0.05, 0) is 43.7 Å². The fourth-order valence-corrected chi connectivity index (χ4v) is 4.84. The van der Waals surface area contributed by atoms with Crippen molar-refractivity contribution >= 4 is 28.3 Å². The van der Waals surface area contributed by atoms with E-state index in [4.69, 9.17) is 5.73 Å². The third-order valence-electron chi connectivity index (χ3n) is 4.63. The van der Waals surface area contributed by atoms with Gasteiger partial charge < -0.3 is 11.1 Å². The number of amides is 1. The molecule has 24 heavy (non-hydrogen) atoms. The van der Waals surface area contributed by atoms with E-state index in [1.54, 1.807) is 30.3 Å². The summed E-state index contributed by atoms with van der Waals surface area (Å²) in [7, 11) is -3.64. The minimum atomic E-state index is -3.64. The van der Waals surface area contributed by atoms with Crippen molar-refractivity contribution in [1.29, 1.82) is 0 Å². The normalized spacial score (nSPS) is 22.6. The van der Waals surface area contributed by atoms with Gasteiger partial charge in [-0.25, -0.2) is 8.42 Å². The van der Waals surface area contributed by atoms with Crippen LogP contribution < -0.4 is 11.1 Å². The fourth-order valence-electron chi connectivity index (χ4n) is 3.16. The largest absolute Gasteiger partial charge is 0.350 e. The van der Waals surface area contributed by atoms with E-state index in [0.29, 0.717) is 31.8 Å². The fraction of sp³-hybridized carbons (Fsp3) is 0.562. The quantitative estimate of drug-likeness (QED) is 0.781. The maximum atomic E-state index is 12.8. The van der Waals surface area contributed by atoms with Crippen molar-refractivity contribution in [2.45, 2.75) is 42.7 Å². The Bertz CT molecular complexity index is 664. The summed E-state index contributed by atoms with van der Waals surface area (Å²) in [6.45, 7) is 0.778. The lowest BCUT2D eigenvalue weighted by Gasteiger charge is -2.25. The van der Waals surface area contributed by atoms with Gasteiger partial charge in [-0.2, -0.15) is 4.31 Å². The number of nitrogens with zero attached hydrogens (tertiary/aromatic N) is 1. The molecular weight excluding hydrogens is 350 g/mol. The Hall–Kier alpha value is -1.15. The zero-order chi connectivity index (χ0) is 16.4. The molecule has 3 rings (SSSR count). The van der Waals surface area contributed by atoms with Crippen LogP contribution in [-0.2, 0) is 14.8 Å². The number of nitrogens with one attached hydrogen (secondary N) is 1. The van der Waals surface area contributed by atoms with Gasteiger partial charge in [0.25, 0.3) is 0 Å². The summed E-state index contributed by atoms with van der Waals surface area (Å²) in [5.41, 5.74) is 5.73. The molecule has 2 aliphatic rings. The summed E-state index contributed by atoms with van der Waals surface area (Å²) in [5, 5.41) is 2.95. The minimum absolute atomic E-state index is 0. The Balaban J connectivity index is 0.00000208. The van der Waals surface area contributed by atoms with Gasteiger partial charge in [0.2, 0.25) is 15.9 Å². The first-order chi connectivity index (χ1) is 11.0. The lowest BCUT2D eigenvalue weighted by atomic mass is 10.1. The Labute approximate surface area is 149 Å². The second-order valence-corrected chi connectivity index (χ2v) is 8.17. The average Bonchev–Trinajstić information content (AvgIpc) is 3.28. The molecule has 3 N–H and O–H groups in total. The zero-order valence-corrected chi connectivity index (χ0v) is 15.1. The molecule has 2 fully saturated rings. The number of benzene rings is 1. The Morgan fingerprint density at radius 1 is 1.25 bits per heavy atom. The second-order valence-electron chi connectivity index (χ2n) is 6.28. The van der Waals surface area contributed by atoms with Crippen LogP contribution in [0.25, 0.3) is 0 Å². The molecule has 0 aromatic heterocycles. The molecule has 1 saturated carbocycles. The van der Waals surface area contributed by atoms with Gasteiger partial charge in [-0.1, -0.05) is 18.2 Å². The van der Waals surface area contributed by atoms with E-state index in [1.807, 2.05) is 0 Å². The third kappa shape index (κ3) is 3.91. The number of rotatable bonds is 6. The van der Waals surface area contributed by atoms with Crippen LogP contribution in [0.15, 0.2) is 35.2 Å². The molecule has 0 bridgehead atoms. The summed E-state index contributed by atoms with van der Waals surface area (Å²) in [6.07, 6.45) is 3.42. The first kappa shape index (κ1) is 19.2. The summed E-state index contributed by atoms with van der Waals surface area (Å²) in [4.78, 5) is 12.8. The number of carbonyl (C=O) groups is 1. The van der Waals surface area contributed by atoms with Crippen molar-refractivity contribution in [3.63, 3.8) is 0 Å². The van der Waals surface area contributed by atoms with Crippen molar-refractivity contribution in [3.05, 3.63) is 30.3 Å². The van der Waals surface area contributed by atoms with Gasteiger partial charge in [-0.15, -0.1) is 12.4 Å². The van der Waals surface area contributed by atoms with Crippen molar-refractivity contribution in [2.24, 2.45) is 11.7 Å². The number of hydrogen-bond acceptors (Lipinski definition) is 4. The molecular formula is C16H24ClN3O3S. The maximum Gasteiger partial charge on any atom is 0.243 e. The molecule has 134 valence electrons. The maximum absolute atomic E-state index is 12.8. The summed E-state index contributed by atoms with van der Waals surface area (Å²) < 4.78 is 26.9. The topological polar surface area (TPSA) is 92.5 Å². The van der Waals surface area contributed by atoms with Gasteiger partial charge in [0, 0.05) is 19.1 Å². The van der Waals surface area contributed by atoms with Crippen LogP contribution in [0.4, 0.5) is 0 Å². The predicted molar refractivity (Wildman–Crippen MR) is 94.3 cm³/mol. The molecule has 1 heterocycles. The van der Waals surface area contributed by atoms with Crippen LogP contribution in [0.2, 0.25) is 0 Å². The first-order valence-electron chi connectivity index (χ1n) is 8.11. The monoisotopic (exact) mass is 373 g/mol. The standard InChI is InChI=1S/C16H23N3O3S.ClH/c17-11-14(12-8-9-12)18-16(20)15-7-4-10-19(15)23(21,22)13-5-2-1-3-6-13;/h1-3,5-6,12,14-15H,4,7-11,17H2,(H,18,20);1H. The van der Waals surface area contributed by atoms with E-state index >= 15 is 0 Å². The number of carbonyl (C=O) groups excluding carboxylic acids is 1. The van der Waals surface area contributed by atoms with E-state index in [2.05, 4.69) is 5.32 Å². The molecule has 1 aromatic carbocycles. The highest BCUT2D eigenvalue weighted by molar-refractivity contribution is 7.89. The SMILES string of the molecule is Cl.NCC(NC(=O)C1CCCN1S(=O)(=O)c1ccccc1)C1CC1. The van der Waals surface area contributed by atoms with Crippen LogP contribution in [-0.4, -0.2) is 43.8 Å². The van der Waals surface area contributed by atoms with Gasteiger partial charge in [-0.3, -0.25) is 4.79 Å². The van der Waals surface area contributed by atoms with Gasteiger partial charge >= 0.3 is 0 Å². The first-order valence-corrected chi connectivity index (χ1v) is 9.55. The summed E-state index contributed by atoms with van der Waals surface area (Å²) in [6, 6.07) is 7.61. The lowest BCUT2D eigenvalue weighted by Crippen LogP contribution is -2.51. The van der Waals surface area contributed by atoms with E-state index in [-0.39, 0.29) is 29.3 Å². The molecule has 0 radical (unpaired) electrons. The third-order valence-corrected chi connectivity index (χ3v) is 6.55. The number of sulfonamides is 1. The highest BCUT2D eigenvalue weighted by atomic mass is 35.5. The van der Waals surface area contributed by atoms with Gasteiger partial charge in [0.1, 0.15) is 6.04 Å². The van der Waals surface area contributed by atoms with Crippen LogP contribution in [0, 0.1) is 5.92 Å². The van der Waals surface area contributed by atoms with Gasteiger partial charge in [0.15, 0.2) is 0 Å². The molecule has 2 unspecified atom stereocenters. The van der Waals surface area contributed by atoms with Crippen molar-refractivity contribution in [2.75, 3.05) is 13.1 Å². The van der Waals surface area contributed by atoms with E-state index < -0.39 is 16.1 Å². The second kappa shape index (κ2) is 7.82. The highest BCUT2D eigenvalue weighted by Crippen LogP contribution is 2.33. The molecule has 2 atom stereocenters. The molecule has 1 aromatic rings. The van der Waals surface area contributed by atoms with Crippen LogP contribution in [0.1, 0.15) is 25.7 Å². The van der Waals surface area contributed by atoms with Crippen LogP contribution in [0.3, 0.4) is 0 Å². The smallest absolute Gasteiger partial charge is 0.243 e. The molecule has 1 saturated heterocycles. The summed E-state index contributed by atoms with van der Waals surface area (Å²) in [5.74, 6) is 0.230. The van der Waals surface area contributed by atoms with Gasteiger partial charge in [0.05, 0.1) is 4.90 Å². The van der Waals surface area contributed by atoms with Crippen molar-refractivity contribution in [3.8, 4) is 0 Å². The van der Waals surface area contributed by atoms with Crippen LogP contribution in [0.5, 0.6) is 0 Å². The number of hydrogen-bond donors (Lipinski definition) is 2. The lowest BCUT2D eigenvalue weighted by molar-refractivity contribution is -0.125. The van der Waals surface area contributed by atoms with Crippen LogP contribution >= 0.6 is 12.4 Å². The number of nitrogens with two attached hydrogens (primary N) is 1. The predicted octanol–water partition coefficient (Wildman–Crippen LogP) is 1.11. The number of halogens is 1. The molecule has 1 amide bonds. The molecule has 1 aliphatic carbocycles. The summed E-state index contributed by atoms with van der Waals surface area (Å²) >= 11 is 0. The average molecular weight is 374 g/mol. The Kier molecular flexibility index (Phi) is 6.25. The van der Waals surface area contributed by atoms with E-state index in [0.717, 1.165) is 12.8 Å². The molecule has 1 aliphatic heterocycles. The molecule has 6 nitrogen and oxygen atoms in total. The Morgan fingerprint density at radius 2 is 1.92 bits per heavy atom. The molecule has 8 heteroatoms. The molecule has 0 spiro atoms. The Morgan fingerprint density at radius 3 is 2.50 bits per heavy atom. The van der Waals surface area contributed by atoms with E-state index in [1.165, 1.54) is 4.31 Å². The highest BCUT2D eigenvalue weighted by Gasteiger charge is 2.41.